The Bertz CT molecular complexity index is 520. The SMILES string of the molecule is CC1(C(=O)N2CCN(c3cccc(F)n3)CC2)CCCC1. The largest absolute Gasteiger partial charge is 0.353 e. The second-order valence-corrected chi connectivity index (χ2v) is 6.37. The van der Waals surface area contributed by atoms with Crippen molar-refractivity contribution in [1.82, 2.24) is 9.88 Å². The number of anilines is 1. The van der Waals surface area contributed by atoms with Gasteiger partial charge in [-0.25, -0.2) is 4.98 Å². The van der Waals surface area contributed by atoms with E-state index in [0.29, 0.717) is 24.8 Å². The van der Waals surface area contributed by atoms with Crippen molar-refractivity contribution >= 4 is 11.7 Å². The predicted molar refractivity (Wildman–Crippen MR) is 79.6 cm³/mol. The molecule has 0 unspecified atom stereocenters. The van der Waals surface area contributed by atoms with Gasteiger partial charge in [-0.1, -0.05) is 25.8 Å². The minimum atomic E-state index is -0.454. The Morgan fingerprint density at radius 3 is 2.48 bits per heavy atom. The van der Waals surface area contributed by atoms with Crippen LogP contribution in [0.4, 0.5) is 10.2 Å². The lowest BCUT2D eigenvalue weighted by Crippen LogP contribution is -2.52. The summed E-state index contributed by atoms with van der Waals surface area (Å²) in [7, 11) is 0. The van der Waals surface area contributed by atoms with Gasteiger partial charge in [-0.05, 0) is 25.0 Å². The van der Waals surface area contributed by atoms with Crippen LogP contribution in [0.5, 0.6) is 0 Å². The van der Waals surface area contributed by atoms with E-state index in [1.54, 1.807) is 6.07 Å². The van der Waals surface area contributed by atoms with Crippen LogP contribution >= 0.6 is 0 Å². The number of nitrogens with zero attached hydrogens (tertiary/aromatic N) is 3. The lowest BCUT2D eigenvalue weighted by molar-refractivity contribution is -0.141. The van der Waals surface area contributed by atoms with E-state index in [4.69, 9.17) is 0 Å². The van der Waals surface area contributed by atoms with E-state index in [0.717, 1.165) is 38.8 Å². The monoisotopic (exact) mass is 291 g/mol. The Kier molecular flexibility index (Phi) is 3.83. The van der Waals surface area contributed by atoms with Gasteiger partial charge in [0.15, 0.2) is 0 Å². The lowest BCUT2D eigenvalue weighted by atomic mass is 9.87. The number of carbonyl (C=O) groups excluding carboxylic acids is 1. The maximum Gasteiger partial charge on any atom is 0.228 e. The fourth-order valence-electron chi connectivity index (χ4n) is 3.46. The molecule has 1 aliphatic carbocycles. The molecule has 3 rings (SSSR count). The van der Waals surface area contributed by atoms with E-state index in [2.05, 4.69) is 11.9 Å². The first-order valence-electron chi connectivity index (χ1n) is 7.75. The van der Waals surface area contributed by atoms with Gasteiger partial charge in [0.1, 0.15) is 5.82 Å². The third-order valence-corrected chi connectivity index (χ3v) is 4.81. The highest BCUT2D eigenvalue weighted by Gasteiger charge is 2.39. The molecular formula is C16H22FN3O. The first-order valence-corrected chi connectivity index (χ1v) is 7.75. The number of pyridine rings is 1. The molecule has 0 aromatic carbocycles. The molecule has 0 atom stereocenters. The molecule has 2 aliphatic rings. The van der Waals surface area contributed by atoms with Crippen LogP contribution in [0.15, 0.2) is 18.2 Å². The number of piperazine rings is 1. The lowest BCUT2D eigenvalue weighted by Gasteiger charge is -2.39. The van der Waals surface area contributed by atoms with Crippen molar-refractivity contribution < 1.29 is 9.18 Å². The molecule has 1 saturated heterocycles. The van der Waals surface area contributed by atoms with E-state index >= 15 is 0 Å². The zero-order chi connectivity index (χ0) is 14.9. The molecule has 0 bridgehead atoms. The summed E-state index contributed by atoms with van der Waals surface area (Å²) in [5, 5.41) is 0. The van der Waals surface area contributed by atoms with Gasteiger partial charge in [-0.3, -0.25) is 4.79 Å². The number of amides is 1. The van der Waals surface area contributed by atoms with Crippen LogP contribution < -0.4 is 4.90 Å². The minimum Gasteiger partial charge on any atom is -0.353 e. The van der Waals surface area contributed by atoms with E-state index in [1.807, 2.05) is 15.9 Å². The molecule has 114 valence electrons. The molecule has 0 radical (unpaired) electrons. The third kappa shape index (κ3) is 2.87. The second-order valence-electron chi connectivity index (χ2n) is 6.37. The zero-order valence-corrected chi connectivity index (χ0v) is 12.5. The fraction of sp³-hybridized carbons (Fsp3) is 0.625. The van der Waals surface area contributed by atoms with E-state index in [9.17, 15) is 9.18 Å². The molecule has 1 amide bonds. The number of carbonyl (C=O) groups is 1. The Hall–Kier alpha value is -1.65. The van der Waals surface area contributed by atoms with Crippen LogP contribution in [0.2, 0.25) is 0 Å². The van der Waals surface area contributed by atoms with Gasteiger partial charge in [0, 0.05) is 31.6 Å². The second kappa shape index (κ2) is 5.62. The first-order chi connectivity index (χ1) is 10.1. The number of halogens is 1. The Morgan fingerprint density at radius 1 is 1.19 bits per heavy atom. The van der Waals surface area contributed by atoms with Crippen molar-refractivity contribution in [3.8, 4) is 0 Å². The summed E-state index contributed by atoms with van der Waals surface area (Å²) in [6.07, 6.45) is 4.35. The van der Waals surface area contributed by atoms with Crippen LogP contribution in [-0.2, 0) is 4.79 Å². The van der Waals surface area contributed by atoms with Crippen LogP contribution in [0, 0.1) is 11.4 Å². The number of rotatable bonds is 2. The summed E-state index contributed by atoms with van der Waals surface area (Å²) >= 11 is 0. The highest BCUT2D eigenvalue weighted by Crippen LogP contribution is 2.39. The highest BCUT2D eigenvalue weighted by atomic mass is 19.1. The van der Waals surface area contributed by atoms with Crippen LogP contribution in [-0.4, -0.2) is 42.0 Å². The topological polar surface area (TPSA) is 36.4 Å². The van der Waals surface area contributed by atoms with Crippen LogP contribution in [0.1, 0.15) is 32.6 Å². The van der Waals surface area contributed by atoms with Gasteiger partial charge in [-0.15, -0.1) is 0 Å². The maximum atomic E-state index is 13.2. The molecule has 1 aromatic rings. The first kappa shape index (κ1) is 14.3. The van der Waals surface area contributed by atoms with Crippen molar-refractivity contribution in [2.24, 2.45) is 5.41 Å². The van der Waals surface area contributed by atoms with Gasteiger partial charge in [0.25, 0.3) is 0 Å². The van der Waals surface area contributed by atoms with Crippen molar-refractivity contribution in [2.45, 2.75) is 32.6 Å². The van der Waals surface area contributed by atoms with Crippen molar-refractivity contribution in [3.05, 3.63) is 24.1 Å². The number of hydrogen-bond acceptors (Lipinski definition) is 3. The van der Waals surface area contributed by atoms with Gasteiger partial charge in [0.2, 0.25) is 11.9 Å². The molecule has 4 nitrogen and oxygen atoms in total. The van der Waals surface area contributed by atoms with Gasteiger partial charge < -0.3 is 9.80 Å². The van der Waals surface area contributed by atoms with Gasteiger partial charge in [0.05, 0.1) is 0 Å². The molecule has 21 heavy (non-hydrogen) atoms. The molecule has 2 heterocycles. The number of hydrogen-bond donors (Lipinski definition) is 0. The highest BCUT2D eigenvalue weighted by molar-refractivity contribution is 5.82. The van der Waals surface area contributed by atoms with Gasteiger partial charge >= 0.3 is 0 Å². The Balaban J connectivity index is 1.61. The smallest absolute Gasteiger partial charge is 0.228 e. The predicted octanol–water partition coefficient (Wildman–Crippen LogP) is 2.45. The molecule has 0 spiro atoms. The van der Waals surface area contributed by atoms with E-state index < -0.39 is 5.95 Å². The summed E-state index contributed by atoms with van der Waals surface area (Å²) in [4.78, 5) is 20.6. The summed E-state index contributed by atoms with van der Waals surface area (Å²) in [5.74, 6) is 0.505. The molecule has 1 aromatic heterocycles. The molecule has 0 N–H and O–H groups in total. The molecule has 1 saturated carbocycles. The van der Waals surface area contributed by atoms with Crippen molar-refractivity contribution in [1.29, 1.82) is 0 Å². The summed E-state index contributed by atoms with van der Waals surface area (Å²) < 4.78 is 13.2. The van der Waals surface area contributed by atoms with Crippen LogP contribution in [0.3, 0.4) is 0 Å². The Labute approximate surface area is 125 Å². The third-order valence-electron chi connectivity index (χ3n) is 4.81. The minimum absolute atomic E-state index is 0.153. The number of aromatic nitrogens is 1. The van der Waals surface area contributed by atoms with Crippen molar-refractivity contribution in [2.75, 3.05) is 31.1 Å². The quantitative estimate of drug-likeness (QED) is 0.785. The van der Waals surface area contributed by atoms with E-state index in [1.165, 1.54) is 6.07 Å². The zero-order valence-electron chi connectivity index (χ0n) is 12.5. The van der Waals surface area contributed by atoms with Crippen molar-refractivity contribution in [3.63, 3.8) is 0 Å². The summed E-state index contributed by atoms with van der Waals surface area (Å²) in [6, 6.07) is 4.85. The maximum absolute atomic E-state index is 13.2. The molecule has 2 fully saturated rings. The van der Waals surface area contributed by atoms with Crippen LogP contribution in [0.25, 0.3) is 0 Å². The standard InChI is InChI=1S/C16H22FN3O/c1-16(7-2-3-8-16)15(21)20-11-9-19(10-12-20)14-6-4-5-13(17)18-14/h4-6H,2-3,7-12H2,1H3. The fourth-order valence-corrected chi connectivity index (χ4v) is 3.46. The summed E-state index contributed by atoms with van der Waals surface area (Å²) in [6.45, 7) is 4.94. The normalized spacial score (nSPS) is 21.6. The average Bonchev–Trinajstić information content (AvgIpc) is 2.95. The molecular weight excluding hydrogens is 269 g/mol. The molecule has 5 heteroatoms. The van der Waals surface area contributed by atoms with E-state index in [-0.39, 0.29) is 5.41 Å². The Morgan fingerprint density at radius 2 is 1.86 bits per heavy atom. The summed E-state index contributed by atoms with van der Waals surface area (Å²) in [5.41, 5.74) is -0.153. The molecule has 1 aliphatic heterocycles. The van der Waals surface area contributed by atoms with Gasteiger partial charge in [-0.2, -0.15) is 4.39 Å². The average molecular weight is 291 g/mol.